The number of piperidine rings is 1. The molecule has 1 aromatic rings. The zero-order valence-electron chi connectivity index (χ0n) is 21.2. The Morgan fingerprint density at radius 3 is 2.05 bits per heavy atom. The molecule has 3 N–H and O–H groups in total. The fourth-order valence-electron chi connectivity index (χ4n) is 3.84. The van der Waals surface area contributed by atoms with Gasteiger partial charge in [-0.2, -0.15) is 0 Å². The molecule has 206 valence electrons. The molecule has 4 amide bonds. The number of rotatable bonds is 16. The van der Waals surface area contributed by atoms with Crippen LogP contribution < -0.4 is 11.1 Å². The third kappa shape index (κ3) is 8.42. The second-order valence-electron chi connectivity index (χ2n) is 8.27. The number of imide groups is 2. The molecule has 1 saturated heterocycles. The predicted molar refractivity (Wildman–Crippen MR) is 133 cm³/mol. The van der Waals surface area contributed by atoms with Crippen LogP contribution in [0.1, 0.15) is 39.1 Å². The number of hydrogen-bond donors (Lipinski definition) is 2. The van der Waals surface area contributed by atoms with Gasteiger partial charge in [-0.15, -0.1) is 0 Å². The highest BCUT2D eigenvalue weighted by Gasteiger charge is 2.45. The maximum atomic E-state index is 13.0. The summed E-state index contributed by atoms with van der Waals surface area (Å²) >= 11 is 0. The van der Waals surface area contributed by atoms with Gasteiger partial charge in [-0.05, 0) is 18.6 Å². The average Bonchev–Trinajstić information content (AvgIpc) is 3.16. The lowest BCUT2D eigenvalue weighted by atomic mass is 10.0. The molecule has 12 nitrogen and oxygen atoms in total. The van der Waals surface area contributed by atoms with Crippen LogP contribution in [0.2, 0.25) is 0 Å². The second kappa shape index (κ2) is 15.9. The summed E-state index contributed by atoms with van der Waals surface area (Å²) in [5.74, 6) is 3.47. The molecule has 2 aliphatic rings. The summed E-state index contributed by atoms with van der Waals surface area (Å²) in [6.07, 6.45) is 0.158. The highest BCUT2D eigenvalue weighted by atomic mass is 16.6. The lowest BCUT2D eigenvalue weighted by Gasteiger charge is -2.27. The molecule has 0 aromatic heterocycles. The summed E-state index contributed by atoms with van der Waals surface area (Å²) in [5.41, 5.74) is 6.03. The van der Waals surface area contributed by atoms with E-state index >= 15 is 0 Å². The van der Waals surface area contributed by atoms with E-state index in [2.05, 4.69) is 17.2 Å². The van der Waals surface area contributed by atoms with Crippen molar-refractivity contribution < 1.29 is 42.9 Å². The number of carbonyl (C=O) groups excluding carboxylic acids is 4. The topological polar surface area (TPSA) is 156 Å². The third-order valence-corrected chi connectivity index (χ3v) is 5.62. The Balaban J connectivity index is 1.32. The van der Waals surface area contributed by atoms with Crippen molar-refractivity contribution in [2.24, 2.45) is 5.73 Å². The molecular formula is C26H33N3O9. The number of benzene rings is 1. The Labute approximate surface area is 221 Å². The molecule has 1 unspecified atom stereocenters. The van der Waals surface area contributed by atoms with Gasteiger partial charge in [0.05, 0.1) is 70.6 Å². The van der Waals surface area contributed by atoms with E-state index in [4.69, 9.17) is 29.4 Å². The summed E-state index contributed by atoms with van der Waals surface area (Å²) in [7, 11) is 0. The zero-order valence-corrected chi connectivity index (χ0v) is 21.2. The number of ether oxygens (including phenoxy) is 5. The van der Waals surface area contributed by atoms with Crippen molar-refractivity contribution in [1.29, 1.82) is 0 Å². The van der Waals surface area contributed by atoms with Crippen LogP contribution >= 0.6 is 0 Å². The molecule has 0 bridgehead atoms. The first-order chi connectivity index (χ1) is 18.5. The fraction of sp³-hybridized carbons (Fsp3) is 0.538. The highest BCUT2D eigenvalue weighted by molar-refractivity contribution is 6.24. The van der Waals surface area contributed by atoms with Crippen molar-refractivity contribution in [3.63, 3.8) is 0 Å². The Morgan fingerprint density at radius 1 is 0.842 bits per heavy atom. The van der Waals surface area contributed by atoms with Crippen molar-refractivity contribution in [2.75, 3.05) is 72.6 Å². The minimum atomic E-state index is -1.02. The molecule has 1 fully saturated rings. The van der Waals surface area contributed by atoms with Crippen molar-refractivity contribution in [3.05, 3.63) is 34.9 Å². The lowest BCUT2D eigenvalue weighted by Crippen LogP contribution is -2.54. The number of carbonyl (C=O) groups is 4. The van der Waals surface area contributed by atoms with E-state index in [1.54, 1.807) is 12.1 Å². The van der Waals surface area contributed by atoms with Crippen LogP contribution in [-0.2, 0) is 33.3 Å². The number of nitrogens with two attached hydrogens (primary N) is 1. The van der Waals surface area contributed by atoms with Crippen LogP contribution in [0.15, 0.2) is 18.2 Å². The SMILES string of the molecule is NCCOCCOCCOCCOCCOCC#Cc1cccc2c1C(=O)N(C1CCC(=O)NC1=O)C2=O. The average molecular weight is 532 g/mol. The van der Waals surface area contributed by atoms with Gasteiger partial charge < -0.3 is 29.4 Å². The normalized spacial score (nSPS) is 16.9. The van der Waals surface area contributed by atoms with Gasteiger partial charge in [0.2, 0.25) is 11.8 Å². The Hall–Kier alpha value is -3.18. The predicted octanol–water partition coefficient (Wildman–Crippen LogP) is -0.519. The fourth-order valence-corrected chi connectivity index (χ4v) is 3.84. The Bertz CT molecular complexity index is 1050. The number of nitrogens with zero attached hydrogens (tertiary/aromatic N) is 1. The third-order valence-electron chi connectivity index (χ3n) is 5.62. The minimum absolute atomic E-state index is 0.0615. The second-order valence-corrected chi connectivity index (χ2v) is 8.27. The molecule has 3 rings (SSSR count). The number of nitrogens with one attached hydrogen (secondary N) is 1. The first-order valence-corrected chi connectivity index (χ1v) is 12.5. The maximum absolute atomic E-state index is 13.0. The monoisotopic (exact) mass is 531 g/mol. The zero-order chi connectivity index (χ0) is 27.2. The van der Waals surface area contributed by atoms with Crippen LogP contribution in [0.25, 0.3) is 0 Å². The Kier molecular flexibility index (Phi) is 12.3. The standard InChI is InChI=1S/C26H33N3O9/c27-8-10-35-12-14-37-16-18-38-17-15-36-13-11-34-9-2-4-19-3-1-5-20-23(19)26(33)29(25(20)32)21-6-7-22(30)28-24(21)31/h1,3,5,21H,6-18,27H2,(H,28,30,31). The summed E-state index contributed by atoms with van der Waals surface area (Å²) in [6.45, 7) is 4.65. The number of amides is 4. The molecule has 38 heavy (non-hydrogen) atoms. The van der Waals surface area contributed by atoms with Crippen LogP contribution in [0, 0.1) is 11.8 Å². The van der Waals surface area contributed by atoms with Gasteiger partial charge in [0, 0.05) is 18.5 Å². The van der Waals surface area contributed by atoms with Crippen LogP contribution in [0.3, 0.4) is 0 Å². The summed E-state index contributed by atoms with van der Waals surface area (Å²) in [6, 6.07) is 3.77. The van der Waals surface area contributed by atoms with Crippen molar-refractivity contribution in [2.45, 2.75) is 18.9 Å². The molecule has 0 saturated carbocycles. The highest BCUT2D eigenvalue weighted by Crippen LogP contribution is 2.29. The van der Waals surface area contributed by atoms with Gasteiger partial charge in [0.1, 0.15) is 12.6 Å². The van der Waals surface area contributed by atoms with E-state index in [-0.39, 0.29) is 30.6 Å². The first kappa shape index (κ1) is 29.4. The van der Waals surface area contributed by atoms with Crippen LogP contribution in [-0.4, -0.2) is 107 Å². The number of fused-ring (bicyclic) bond motifs is 1. The van der Waals surface area contributed by atoms with E-state index in [0.29, 0.717) is 71.6 Å². The van der Waals surface area contributed by atoms with Gasteiger partial charge in [0.25, 0.3) is 11.8 Å². The van der Waals surface area contributed by atoms with Crippen molar-refractivity contribution in [1.82, 2.24) is 10.2 Å². The van der Waals surface area contributed by atoms with Gasteiger partial charge in [-0.1, -0.05) is 17.9 Å². The molecule has 1 aromatic carbocycles. The molecule has 2 heterocycles. The summed E-state index contributed by atoms with van der Waals surface area (Å²) in [4.78, 5) is 50.4. The molecule has 0 radical (unpaired) electrons. The quantitative estimate of drug-likeness (QED) is 0.162. The van der Waals surface area contributed by atoms with Gasteiger partial charge in [0.15, 0.2) is 0 Å². The van der Waals surface area contributed by atoms with Crippen LogP contribution in [0.5, 0.6) is 0 Å². The van der Waals surface area contributed by atoms with E-state index in [9.17, 15) is 19.2 Å². The van der Waals surface area contributed by atoms with Crippen molar-refractivity contribution >= 4 is 23.6 Å². The maximum Gasteiger partial charge on any atom is 0.263 e. The summed E-state index contributed by atoms with van der Waals surface area (Å²) < 4.78 is 26.8. The molecule has 1 atom stereocenters. The smallest absolute Gasteiger partial charge is 0.263 e. The van der Waals surface area contributed by atoms with Crippen LogP contribution in [0.4, 0.5) is 0 Å². The number of hydrogen-bond acceptors (Lipinski definition) is 10. The molecule has 0 spiro atoms. The largest absolute Gasteiger partial charge is 0.378 e. The Morgan fingerprint density at radius 2 is 1.45 bits per heavy atom. The van der Waals surface area contributed by atoms with Gasteiger partial charge >= 0.3 is 0 Å². The van der Waals surface area contributed by atoms with Gasteiger partial charge in [-0.3, -0.25) is 29.4 Å². The van der Waals surface area contributed by atoms with Crippen molar-refractivity contribution in [3.8, 4) is 11.8 Å². The van der Waals surface area contributed by atoms with Gasteiger partial charge in [-0.25, -0.2) is 0 Å². The molecule has 12 heteroatoms. The van der Waals surface area contributed by atoms with E-state index in [0.717, 1.165) is 4.90 Å². The molecule has 0 aliphatic carbocycles. The molecule has 2 aliphatic heterocycles. The lowest BCUT2D eigenvalue weighted by molar-refractivity contribution is -0.136. The van der Waals surface area contributed by atoms with E-state index in [1.165, 1.54) is 6.07 Å². The van der Waals surface area contributed by atoms with E-state index < -0.39 is 29.7 Å². The summed E-state index contributed by atoms with van der Waals surface area (Å²) in [5, 5.41) is 2.18. The molecular weight excluding hydrogens is 498 g/mol. The van der Waals surface area contributed by atoms with E-state index in [1.807, 2.05) is 0 Å². The minimum Gasteiger partial charge on any atom is -0.378 e. The first-order valence-electron chi connectivity index (χ1n) is 12.5.